The molecule has 7 nitrogen and oxygen atoms in total. The molecule has 2 aromatic rings. The average molecular weight is 358 g/mol. The number of unbranched alkanes of at least 4 members (excludes halogenated alkanes) is 1. The highest BCUT2D eigenvalue weighted by Crippen LogP contribution is 2.27. The number of aromatic nitrogens is 2. The van der Waals surface area contributed by atoms with Gasteiger partial charge in [0.15, 0.2) is 23.1 Å². The summed E-state index contributed by atoms with van der Waals surface area (Å²) in [6.07, 6.45) is 2.43. The monoisotopic (exact) mass is 358 g/mol. The highest BCUT2D eigenvalue weighted by Gasteiger charge is 2.10. The van der Waals surface area contributed by atoms with Gasteiger partial charge in [0.05, 0.1) is 20.6 Å². The lowest BCUT2D eigenvalue weighted by molar-refractivity contribution is -0.115. The first-order chi connectivity index (χ1) is 12.6. The lowest BCUT2D eigenvalue weighted by Crippen LogP contribution is -2.20. The van der Waals surface area contributed by atoms with E-state index in [4.69, 9.17) is 9.47 Å². The number of anilines is 2. The van der Waals surface area contributed by atoms with Gasteiger partial charge >= 0.3 is 0 Å². The van der Waals surface area contributed by atoms with E-state index < -0.39 is 0 Å². The van der Waals surface area contributed by atoms with Crippen molar-refractivity contribution in [2.24, 2.45) is 0 Å². The third-order valence-electron chi connectivity index (χ3n) is 3.97. The normalized spacial score (nSPS) is 10.3. The van der Waals surface area contributed by atoms with Crippen molar-refractivity contribution >= 4 is 17.5 Å². The Bertz CT molecular complexity index is 719. The number of ether oxygens (including phenoxy) is 2. The van der Waals surface area contributed by atoms with Crippen molar-refractivity contribution in [2.45, 2.75) is 26.2 Å². The van der Waals surface area contributed by atoms with Crippen LogP contribution < -0.4 is 19.7 Å². The number of rotatable bonds is 9. The van der Waals surface area contributed by atoms with Gasteiger partial charge in [0.2, 0.25) is 5.91 Å². The lowest BCUT2D eigenvalue weighted by atomic mass is 10.1. The van der Waals surface area contributed by atoms with E-state index in [-0.39, 0.29) is 12.3 Å². The van der Waals surface area contributed by atoms with Gasteiger partial charge in [0.25, 0.3) is 0 Å². The Morgan fingerprint density at radius 3 is 2.50 bits per heavy atom. The molecule has 7 heteroatoms. The number of hydrogen-bond acceptors (Lipinski definition) is 6. The Morgan fingerprint density at radius 2 is 1.88 bits per heavy atom. The van der Waals surface area contributed by atoms with Gasteiger partial charge in [-0.05, 0) is 36.2 Å². The minimum Gasteiger partial charge on any atom is -0.493 e. The largest absolute Gasteiger partial charge is 0.493 e. The van der Waals surface area contributed by atoms with Crippen LogP contribution in [0.15, 0.2) is 30.3 Å². The van der Waals surface area contributed by atoms with Crippen LogP contribution in [0.25, 0.3) is 0 Å². The fraction of sp³-hybridized carbons (Fsp3) is 0.421. The highest BCUT2D eigenvalue weighted by atomic mass is 16.5. The van der Waals surface area contributed by atoms with Crippen LogP contribution in [-0.4, -0.2) is 43.9 Å². The number of hydrogen-bond donors (Lipinski definition) is 1. The minimum atomic E-state index is -0.168. The van der Waals surface area contributed by atoms with Crippen LogP contribution in [0, 0.1) is 0 Å². The zero-order valence-corrected chi connectivity index (χ0v) is 15.8. The summed E-state index contributed by atoms with van der Waals surface area (Å²) in [5.74, 6) is 2.28. The molecule has 26 heavy (non-hydrogen) atoms. The fourth-order valence-electron chi connectivity index (χ4n) is 2.47. The number of amides is 1. The Kier molecular flexibility index (Phi) is 7.20. The molecule has 1 aromatic carbocycles. The first-order valence-corrected chi connectivity index (χ1v) is 8.63. The zero-order valence-electron chi connectivity index (χ0n) is 15.8. The SMILES string of the molecule is CCCCN(C)c1ccc(NC(=O)Cc2ccc(OC)c(OC)c2)nn1. The first kappa shape index (κ1) is 19.5. The number of carbonyl (C=O) groups excluding carboxylic acids is 1. The molecule has 1 aromatic heterocycles. The number of nitrogens with one attached hydrogen (secondary N) is 1. The van der Waals surface area contributed by atoms with E-state index in [0.29, 0.717) is 17.3 Å². The Hall–Kier alpha value is -2.83. The average Bonchev–Trinajstić information content (AvgIpc) is 2.66. The highest BCUT2D eigenvalue weighted by molar-refractivity contribution is 5.91. The van der Waals surface area contributed by atoms with Crippen LogP contribution in [0.5, 0.6) is 11.5 Å². The molecule has 0 aliphatic heterocycles. The Labute approximate surface area is 154 Å². The molecular formula is C19H26N4O3. The summed E-state index contributed by atoms with van der Waals surface area (Å²) in [6.45, 7) is 3.08. The second kappa shape index (κ2) is 9.60. The van der Waals surface area contributed by atoms with E-state index in [1.54, 1.807) is 32.4 Å². The molecule has 0 aliphatic rings. The quantitative estimate of drug-likeness (QED) is 0.743. The van der Waals surface area contributed by atoms with Crippen molar-refractivity contribution in [2.75, 3.05) is 38.0 Å². The fourth-order valence-corrected chi connectivity index (χ4v) is 2.47. The molecule has 1 amide bonds. The maximum Gasteiger partial charge on any atom is 0.229 e. The molecule has 0 unspecified atom stereocenters. The van der Waals surface area contributed by atoms with Gasteiger partial charge in [0, 0.05) is 13.6 Å². The van der Waals surface area contributed by atoms with Crippen molar-refractivity contribution < 1.29 is 14.3 Å². The standard InChI is InChI=1S/C19H26N4O3/c1-5-6-11-23(2)18-10-9-17(21-22-18)20-19(24)13-14-7-8-15(25-3)16(12-14)26-4/h7-10,12H,5-6,11,13H2,1-4H3,(H,20,21,24). The predicted molar refractivity (Wildman–Crippen MR) is 102 cm³/mol. The van der Waals surface area contributed by atoms with E-state index in [0.717, 1.165) is 30.8 Å². The van der Waals surface area contributed by atoms with E-state index >= 15 is 0 Å². The number of nitrogens with zero attached hydrogens (tertiary/aromatic N) is 3. The number of methoxy groups -OCH3 is 2. The van der Waals surface area contributed by atoms with Crippen LogP contribution in [0.3, 0.4) is 0 Å². The molecule has 0 saturated heterocycles. The van der Waals surface area contributed by atoms with E-state index in [1.807, 2.05) is 24.1 Å². The summed E-state index contributed by atoms with van der Waals surface area (Å²) >= 11 is 0. The molecule has 1 N–H and O–H groups in total. The molecule has 0 atom stereocenters. The van der Waals surface area contributed by atoms with E-state index in [9.17, 15) is 4.79 Å². The van der Waals surface area contributed by atoms with Gasteiger partial charge in [-0.15, -0.1) is 10.2 Å². The van der Waals surface area contributed by atoms with Crippen LogP contribution in [0.1, 0.15) is 25.3 Å². The molecule has 0 aliphatic carbocycles. The molecule has 0 radical (unpaired) electrons. The van der Waals surface area contributed by atoms with Gasteiger partial charge in [-0.25, -0.2) is 0 Å². The molecule has 2 rings (SSSR count). The maximum absolute atomic E-state index is 12.2. The van der Waals surface area contributed by atoms with Gasteiger partial charge in [-0.1, -0.05) is 19.4 Å². The summed E-state index contributed by atoms with van der Waals surface area (Å²) in [4.78, 5) is 14.3. The van der Waals surface area contributed by atoms with Crippen LogP contribution >= 0.6 is 0 Å². The van der Waals surface area contributed by atoms with E-state index in [2.05, 4.69) is 22.4 Å². The second-order valence-electron chi connectivity index (χ2n) is 5.97. The molecule has 0 fully saturated rings. The van der Waals surface area contributed by atoms with E-state index in [1.165, 1.54) is 0 Å². The van der Waals surface area contributed by atoms with Crippen molar-refractivity contribution in [1.82, 2.24) is 10.2 Å². The lowest BCUT2D eigenvalue weighted by Gasteiger charge is -2.17. The second-order valence-corrected chi connectivity index (χ2v) is 5.97. The predicted octanol–water partition coefficient (Wildman–Crippen LogP) is 2.91. The number of carbonyl (C=O) groups is 1. The smallest absolute Gasteiger partial charge is 0.229 e. The summed E-state index contributed by atoms with van der Waals surface area (Å²) in [5, 5.41) is 11.0. The van der Waals surface area contributed by atoms with Crippen molar-refractivity contribution in [3.05, 3.63) is 35.9 Å². The summed E-state index contributed by atoms with van der Waals surface area (Å²) in [6, 6.07) is 9.02. The number of benzene rings is 1. The minimum absolute atomic E-state index is 0.168. The molecule has 1 heterocycles. The molecule has 0 spiro atoms. The third-order valence-corrected chi connectivity index (χ3v) is 3.97. The van der Waals surface area contributed by atoms with Gasteiger partial charge in [-0.2, -0.15) is 0 Å². The van der Waals surface area contributed by atoms with Gasteiger partial charge in [-0.3, -0.25) is 4.79 Å². The molecule has 0 saturated carbocycles. The van der Waals surface area contributed by atoms with Gasteiger partial charge < -0.3 is 19.7 Å². The summed E-state index contributed by atoms with van der Waals surface area (Å²) < 4.78 is 10.5. The molecular weight excluding hydrogens is 332 g/mol. The van der Waals surface area contributed by atoms with Crippen LogP contribution in [0.4, 0.5) is 11.6 Å². The van der Waals surface area contributed by atoms with Crippen molar-refractivity contribution in [3.8, 4) is 11.5 Å². The summed E-state index contributed by atoms with van der Waals surface area (Å²) in [7, 11) is 5.12. The summed E-state index contributed by atoms with van der Waals surface area (Å²) in [5.41, 5.74) is 0.823. The van der Waals surface area contributed by atoms with Crippen molar-refractivity contribution in [3.63, 3.8) is 0 Å². The van der Waals surface area contributed by atoms with Crippen molar-refractivity contribution in [1.29, 1.82) is 0 Å². The third kappa shape index (κ3) is 5.34. The Balaban J connectivity index is 1.95. The van der Waals surface area contributed by atoms with Gasteiger partial charge in [0.1, 0.15) is 0 Å². The molecule has 140 valence electrons. The topological polar surface area (TPSA) is 76.6 Å². The van der Waals surface area contributed by atoms with Crippen LogP contribution in [-0.2, 0) is 11.2 Å². The first-order valence-electron chi connectivity index (χ1n) is 8.63. The maximum atomic E-state index is 12.2. The zero-order chi connectivity index (χ0) is 18.9. The molecule has 0 bridgehead atoms. The Morgan fingerprint density at radius 1 is 1.12 bits per heavy atom. The van der Waals surface area contributed by atoms with Crippen LogP contribution in [0.2, 0.25) is 0 Å².